The van der Waals surface area contributed by atoms with Crippen molar-refractivity contribution >= 4 is 17.3 Å². The Morgan fingerprint density at radius 1 is 1.18 bits per heavy atom. The van der Waals surface area contributed by atoms with Gasteiger partial charge >= 0.3 is 0 Å². The molecule has 0 aliphatic carbocycles. The van der Waals surface area contributed by atoms with Crippen LogP contribution in [-0.4, -0.2) is 23.5 Å². The van der Waals surface area contributed by atoms with Crippen molar-refractivity contribution in [3.05, 3.63) is 53.9 Å². The number of hydrogen-bond donors (Lipinski definition) is 1. The van der Waals surface area contributed by atoms with Gasteiger partial charge in [0, 0.05) is 29.7 Å². The number of aryl methyl sites for hydroxylation is 1. The van der Waals surface area contributed by atoms with Gasteiger partial charge in [-0.25, -0.2) is 4.98 Å². The minimum atomic E-state index is -0.187. The molecule has 0 atom stereocenters. The molecule has 0 aliphatic rings. The zero-order chi connectivity index (χ0) is 16.1. The quantitative estimate of drug-likeness (QED) is 0.911. The number of anilines is 2. The van der Waals surface area contributed by atoms with Crippen LogP contribution in [0.4, 0.5) is 11.4 Å². The fourth-order valence-corrected chi connectivity index (χ4v) is 2.45. The van der Waals surface area contributed by atoms with Gasteiger partial charge in [0.25, 0.3) is 5.91 Å². The van der Waals surface area contributed by atoms with Crippen molar-refractivity contribution in [2.24, 2.45) is 0 Å². The Bertz CT molecular complexity index is 635. The Labute approximate surface area is 132 Å². The molecule has 0 saturated carbocycles. The van der Waals surface area contributed by atoms with Crippen LogP contribution in [0.2, 0.25) is 0 Å². The third-order valence-corrected chi connectivity index (χ3v) is 3.54. The number of hydrogen-bond acceptors (Lipinski definition) is 3. The molecular weight excluding hydrogens is 274 g/mol. The Morgan fingerprint density at radius 3 is 2.41 bits per heavy atom. The van der Waals surface area contributed by atoms with E-state index in [2.05, 4.69) is 36.0 Å². The number of carbonyl (C=O) groups excluding carboxylic acids is 1. The number of nitrogens with one attached hydrogen (secondary N) is 1. The van der Waals surface area contributed by atoms with E-state index in [1.54, 1.807) is 6.07 Å². The minimum absolute atomic E-state index is 0.187. The number of amides is 1. The van der Waals surface area contributed by atoms with E-state index < -0.39 is 0 Å². The van der Waals surface area contributed by atoms with E-state index in [0.717, 1.165) is 23.6 Å². The highest BCUT2D eigenvalue weighted by molar-refractivity contribution is 6.02. The van der Waals surface area contributed by atoms with Crippen LogP contribution in [0.25, 0.3) is 0 Å². The van der Waals surface area contributed by atoms with E-state index in [-0.39, 0.29) is 5.91 Å². The zero-order valence-electron chi connectivity index (χ0n) is 13.6. The van der Waals surface area contributed by atoms with E-state index in [9.17, 15) is 4.79 Å². The second kappa shape index (κ2) is 7.07. The molecule has 1 aromatic carbocycles. The molecule has 0 unspecified atom stereocenters. The van der Waals surface area contributed by atoms with Gasteiger partial charge in [0.1, 0.15) is 5.69 Å². The van der Waals surface area contributed by atoms with Gasteiger partial charge in [-0.15, -0.1) is 0 Å². The molecule has 2 aromatic rings. The van der Waals surface area contributed by atoms with Crippen molar-refractivity contribution in [3.63, 3.8) is 0 Å². The highest BCUT2D eigenvalue weighted by Crippen LogP contribution is 2.20. The minimum Gasteiger partial charge on any atom is -0.369 e. The van der Waals surface area contributed by atoms with Crippen molar-refractivity contribution in [3.8, 4) is 0 Å². The lowest BCUT2D eigenvalue weighted by Gasteiger charge is -2.27. The average Bonchev–Trinajstić information content (AvgIpc) is 2.49. The SMILES string of the molecule is CCN(c1ccc(NC(=O)c2cccc(C)n2)cc1)C(C)C. The summed E-state index contributed by atoms with van der Waals surface area (Å²) in [6, 6.07) is 13.8. The fraction of sp³-hybridized carbons (Fsp3) is 0.333. The lowest BCUT2D eigenvalue weighted by Crippen LogP contribution is -2.30. The maximum Gasteiger partial charge on any atom is 0.274 e. The van der Waals surface area contributed by atoms with Gasteiger partial charge in [-0.3, -0.25) is 4.79 Å². The first-order valence-corrected chi connectivity index (χ1v) is 7.63. The van der Waals surface area contributed by atoms with Gasteiger partial charge in [-0.05, 0) is 64.1 Å². The van der Waals surface area contributed by atoms with Gasteiger partial charge < -0.3 is 10.2 Å². The third-order valence-electron chi connectivity index (χ3n) is 3.54. The molecule has 0 bridgehead atoms. The second-order valence-corrected chi connectivity index (χ2v) is 5.54. The molecule has 4 nitrogen and oxygen atoms in total. The first kappa shape index (κ1) is 16.0. The van der Waals surface area contributed by atoms with Gasteiger partial charge in [0.05, 0.1) is 0 Å². The molecule has 0 fully saturated rings. The molecule has 1 N–H and O–H groups in total. The second-order valence-electron chi connectivity index (χ2n) is 5.54. The van der Waals surface area contributed by atoms with Crippen LogP contribution in [0, 0.1) is 6.92 Å². The van der Waals surface area contributed by atoms with Crippen LogP contribution in [0.3, 0.4) is 0 Å². The van der Waals surface area contributed by atoms with Crippen molar-refractivity contribution in [1.29, 1.82) is 0 Å². The first-order chi connectivity index (χ1) is 10.5. The Balaban J connectivity index is 2.09. The van der Waals surface area contributed by atoms with Crippen LogP contribution >= 0.6 is 0 Å². The summed E-state index contributed by atoms with van der Waals surface area (Å²) >= 11 is 0. The van der Waals surface area contributed by atoms with Crippen molar-refractivity contribution in [2.75, 3.05) is 16.8 Å². The average molecular weight is 297 g/mol. The van der Waals surface area contributed by atoms with Crippen molar-refractivity contribution in [1.82, 2.24) is 4.98 Å². The molecule has 0 spiro atoms. The van der Waals surface area contributed by atoms with E-state index >= 15 is 0 Å². The molecule has 22 heavy (non-hydrogen) atoms. The van der Waals surface area contributed by atoms with Crippen molar-refractivity contribution in [2.45, 2.75) is 33.7 Å². The van der Waals surface area contributed by atoms with Gasteiger partial charge in [-0.2, -0.15) is 0 Å². The molecule has 116 valence electrons. The summed E-state index contributed by atoms with van der Waals surface area (Å²) in [6.45, 7) is 9.30. The maximum atomic E-state index is 12.2. The summed E-state index contributed by atoms with van der Waals surface area (Å²) in [6.07, 6.45) is 0. The van der Waals surface area contributed by atoms with E-state index in [1.165, 1.54) is 0 Å². The van der Waals surface area contributed by atoms with Crippen LogP contribution in [0.1, 0.15) is 37.0 Å². The predicted octanol–water partition coefficient (Wildman–Crippen LogP) is 3.88. The summed E-state index contributed by atoms with van der Waals surface area (Å²) < 4.78 is 0. The molecule has 1 amide bonds. The molecular formula is C18H23N3O. The Morgan fingerprint density at radius 2 is 1.86 bits per heavy atom. The fourth-order valence-electron chi connectivity index (χ4n) is 2.45. The molecule has 0 saturated heterocycles. The predicted molar refractivity (Wildman–Crippen MR) is 91.5 cm³/mol. The monoisotopic (exact) mass is 297 g/mol. The lowest BCUT2D eigenvalue weighted by atomic mass is 10.2. The summed E-state index contributed by atoms with van der Waals surface area (Å²) in [5, 5.41) is 2.88. The van der Waals surface area contributed by atoms with Gasteiger partial charge in [0.15, 0.2) is 0 Å². The smallest absolute Gasteiger partial charge is 0.274 e. The standard InChI is InChI=1S/C18H23N3O/c1-5-21(13(2)3)16-11-9-15(10-12-16)20-18(22)17-8-6-7-14(4)19-17/h6-13H,5H2,1-4H3,(H,20,22). The van der Waals surface area contributed by atoms with Gasteiger partial charge in [-0.1, -0.05) is 6.07 Å². The molecule has 4 heteroatoms. The summed E-state index contributed by atoms with van der Waals surface area (Å²) in [5.74, 6) is -0.187. The highest BCUT2D eigenvalue weighted by Gasteiger charge is 2.10. The van der Waals surface area contributed by atoms with Crippen LogP contribution in [0.5, 0.6) is 0 Å². The lowest BCUT2D eigenvalue weighted by molar-refractivity contribution is 0.102. The summed E-state index contributed by atoms with van der Waals surface area (Å²) in [5.41, 5.74) is 3.20. The molecule has 1 aromatic heterocycles. The number of pyridine rings is 1. The molecule has 0 radical (unpaired) electrons. The number of benzene rings is 1. The van der Waals surface area contributed by atoms with E-state index in [0.29, 0.717) is 11.7 Å². The Kier molecular flexibility index (Phi) is 5.15. The number of rotatable bonds is 5. The van der Waals surface area contributed by atoms with Crippen LogP contribution < -0.4 is 10.2 Å². The molecule has 1 heterocycles. The summed E-state index contributed by atoms with van der Waals surface area (Å²) in [7, 11) is 0. The third kappa shape index (κ3) is 3.85. The van der Waals surface area contributed by atoms with Crippen molar-refractivity contribution < 1.29 is 4.79 Å². The number of aromatic nitrogens is 1. The topological polar surface area (TPSA) is 45.2 Å². The van der Waals surface area contributed by atoms with Crippen LogP contribution in [-0.2, 0) is 0 Å². The zero-order valence-corrected chi connectivity index (χ0v) is 13.6. The largest absolute Gasteiger partial charge is 0.369 e. The maximum absolute atomic E-state index is 12.2. The molecule has 2 rings (SSSR count). The Hall–Kier alpha value is -2.36. The summed E-state index contributed by atoms with van der Waals surface area (Å²) in [4.78, 5) is 18.7. The first-order valence-electron chi connectivity index (χ1n) is 7.63. The van der Waals surface area contributed by atoms with Crippen LogP contribution in [0.15, 0.2) is 42.5 Å². The van der Waals surface area contributed by atoms with Gasteiger partial charge in [0.2, 0.25) is 0 Å². The normalized spacial score (nSPS) is 10.6. The highest BCUT2D eigenvalue weighted by atomic mass is 16.1. The molecule has 0 aliphatic heterocycles. The van der Waals surface area contributed by atoms with E-state index in [4.69, 9.17) is 0 Å². The number of carbonyl (C=O) groups is 1. The number of nitrogens with zero attached hydrogens (tertiary/aromatic N) is 2. The van der Waals surface area contributed by atoms with E-state index in [1.807, 2.05) is 43.3 Å².